The van der Waals surface area contributed by atoms with E-state index in [0.29, 0.717) is 41.7 Å². The van der Waals surface area contributed by atoms with Crippen molar-refractivity contribution in [1.29, 1.82) is 0 Å². The van der Waals surface area contributed by atoms with Crippen LogP contribution in [-0.2, 0) is 4.74 Å². The van der Waals surface area contributed by atoms with Crippen LogP contribution in [0.5, 0.6) is 0 Å². The zero-order valence-electron chi connectivity index (χ0n) is 11.9. The van der Waals surface area contributed by atoms with Gasteiger partial charge in [0.25, 0.3) is 0 Å². The Kier molecular flexibility index (Phi) is 3.75. The molecule has 2 aliphatic carbocycles. The monoisotopic (exact) mass is 286 g/mol. The first-order valence-electron chi connectivity index (χ1n) is 7.14. The Morgan fingerprint density at radius 2 is 1.71 bits per heavy atom. The maximum Gasteiger partial charge on any atom is 0.211 e. The largest absolute Gasteiger partial charge is 0.383 e. The highest BCUT2D eigenvalue weighted by Gasteiger charge is 2.34. The number of ether oxygens (including phenoxy) is 1. The van der Waals surface area contributed by atoms with Gasteiger partial charge in [0.05, 0.1) is 6.61 Å². The molecule has 0 radical (unpaired) electrons. The van der Waals surface area contributed by atoms with E-state index in [1.807, 2.05) is 0 Å². The number of hydrogen-bond donors (Lipinski definition) is 2. The summed E-state index contributed by atoms with van der Waals surface area (Å²) < 4.78 is 4.99. The van der Waals surface area contributed by atoms with Gasteiger partial charge in [0.2, 0.25) is 11.6 Å². The summed E-state index contributed by atoms with van der Waals surface area (Å²) in [6, 6.07) is 7.26. The summed E-state index contributed by atoms with van der Waals surface area (Å²) in [7, 11) is 1.60. The molecule has 0 bridgehead atoms. The number of allylic oxidation sites excluding steroid dienone is 2. The second-order valence-electron chi connectivity index (χ2n) is 5.29. The fourth-order valence-electron chi connectivity index (χ4n) is 2.39. The van der Waals surface area contributed by atoms with Crippen LogP contribution in [0.2, 0.25) is 0 Å². The molecule has 0 heterocycles. The lowest BCUT2D eigenvalue weighted by atomic mass is 9.90. The quantitative estimate of drug-likeness (QED) is 0.771. The van der Waals surface area contributed by atoms with Crippen LogP contribution < -0.4 is 10.6 Å². The van der Waals surface area contributed by atoms with Crippen molar-refractivity contribution in [3.05, 3.63) is 46.8 Å². The maximum atomic E-state index is 12.6. The predicted molar refractivity (Wildman–Crippen MR) is 78.2 cm³/mol. The number of nitrogens with one attached hydrogen (secondary N) is 2. The van der Waals surface area contributed by atoms with Gasteiger partial charge in [-0.3, -0.25) is 9.59 Å². The summed E-state index contributed by atoms with van der Waals surface area (Å²) in [6.45, 7) is 0.964. The van der Waals surface area contributed by atoms with Gasteiger partial charge in [-0.05, 0) is 12.8 Å². The van der Waals surface area contributed by atoms with Crippen molar-refractivity contribution < 1.29 is 14.3 Å². The highest BCUT2D eigenvalue weighted by Crippen LogP contribution is 2.27. The average Bonchev–Trinajstić information content (AvgIpc) is 3.32. The van der Waals surface area contributed by atoms with Gasteiger partial charge >= 0.3 is 0 Å². The minimum atomic E-state index is -0.135. The van der Waals surface area contributed by atoms with Gasteiger partial charge in [-0.2, -0.15) is 0 Å². The minimum Gasteiger partial charge on any atom is -0.383 e. The molecule has 5 heteroatoms. The predicted octanol–water partition coefficient (Wildman–Crippen LogP) is 1.27. The van der Waals surface area contributed by atoms with Crippen molar-refractivity contribution in [2.75, 3.05) is 20.3 Å². The molecule has 1 fully saturated rings. The van der Waals surface area contributed by atoms with Crippen LogP contribution in [0.25, 0.3) is 0 Å². The Hall–Kier alpha value is -2.14. The Labute approximate surface area is 123 Å². The van der Waals surface area contributed by atoms with Crippen molar-refractivity contribution in [3.8, 4) is 0 Å². The molecule has 0 aliphatic heterocycles. The molecule has 0 spiro atoms. The van der Waals surface area contributed by atoms with E-state index in [4.69, 9.17) is 4.74 Å². The first-order valence-corrected chi connectivity index (χ1v) is 7.14. The fourth-order valence-corrected chi connectivity index (χ4v) is 2.39. The molecule has 5 nitrogen and oxygen atoms in total. The van der Waals surface area contributed by atoms with E-state index < -0.39 is 0 Å². The third-order valence-electron chi connectivity index (χ3n) is 3.65. The third-order valence-corrected chi connectivity index (χ3v) is 3.65. The first kappa shape index (κ1) is 13.8. The lowest BCUT2D eigenvalue weighted by Gasteiger charge is -2.22. The molecule has 2 N–H and O–H groups in total. The highest BCUT2D eigenvalue weighted by molar-refractivity contribution is 6.26. The van der Waals surface area contributed by atoms with E-state index in [-0.39, 0.29) is 11.6 Å². The zero-order chi connectivity index (χ0) is 14.8. The van der Waals surface area contributed by atoms with Crippen molar-refractivity contribution in [2.24, 2.45) is 0 Å². The Bertz CT molecular complexity index is 618. The number of carbonyl (C=O) groups is 2. The minimum absolute atomic E-state index is 0.114. The van der Waals surface area contributed by atoms with E-state index in [9.17, 15) is 9.59 Å². The van der Waals surface area contributed by atoms with Crippen LogP contribution in [0.4, 0.5) is 0 Å². The number of Topliss-reactive ketones (excluding diaryl/α,β-unsaturated/α-hetero) is 2. The van der Waals surface area contributed by atoms with E-state index in [2.05, 4.69) is 10.6 Å². The SMILES string of the molecule is COCCNC1=C(NC2CC2)C(=O)c2ccccc2C1=O. The molecule has 1 saturated carbocycles. The van der Waals surface area contributed by atoms with Crippen LogP contribution in [0.1, 0.15) is 33.6 Å². The summed E-state index contributed by atoms with van der Waals surface area (Å²) in [6.07, 6.45) is 2.08. The number of benzene rings is 1. The van der Waals surface area contributed by atoms with Crippen molar-refractivity contribution in [3.63, 3.8) is 0 Å². The summed E-state index contributed by atoms with van der Waals surface area (Å²) >= 11 is 0. The topological polar surface area (TPSA) is 67.4 Å². The number of hydrogen-bond acceptors (Lipinski definition) is 5. The van der Waals surface area contributed by atoms with Gasteiger partial charge in [-0.15, -0.1) is 0 Å². The molecule has 2 aliphatic rings. The molecule has 0 amide bonds. The van der Waals surface area contributed by atoms with E-state index in [1.54, 1.807) is 31.4 Å². The Morgan fingerprint density at radius 1 is 1.10 bits per heavy atom. The van der Waals surface area contributed by atoms with Crippen LogP contribution in [0.15, 0.2) is 35.7 Å². The third kappa shape index (κ3) is 2.69. The Morgan fingerprint density at radius 3 is 2.29 bits per heavy atom. The molecule has 0 saturated heterocycles. The summed E-state index contributed by atoms with van der Waals surface area (Å²) in [5.41, 5.74) is 1.70. The fraction of sp³-hybridized carbons (Fsp3) is 0.375. The summed E-state index contributed by atoms with van der Waals surface area (Å²) in [4.78, 5) is 25.2. The van der Waals surface area contributed by atoms with Gasteiger partial charge in [0.1, 0.15) is 11.4 Å². The highest BCUT2D eigenvalue weighted by atomic mass is 16.5. The van der Waals surface area contributed by atoms with Gasteiger partial charge in [-0.25, -0.2) is 0 Å². The summed E-state index contributed by atoms with van der Waals surface area (Å²) in [5, 5.41) is 6.25. The molecule has 1 aromatic rings. The van der Waals surface area contributed by atoms with E-state index >= 15 is 0 Å². The molecule has 1 aromatic carbocycles. The summed E-state index contributed by atoms with van der Waals surface area (Å²) in [5.74, 6) is -0.249. The van der Waals surface area contributed by atoms with Gasteiger partial charge in [0.15, 0.2) is 0 Å². The Balaban J connectivity index is 1.95. The first-order chi connectivity index (χ1) is 10.2. The average molecular weight is 286 g/mol. The second-order valence-corrected chi connectivity index (χ2v) is 5.29. The molecular weight excluding hydrogens is 268 g/mol. The van der Waals surface area contributed by atoms with Crippen LogP contribution in [-0.4, -0.2) is 37.9 Å². The number of methoxy groups -OCH3 is 1. The van der Waals surface area contributed by atoms with Crippen molar-refractivity contribution in [1.82, 2.24) is 10.6 Å². The van der Waals surface area contributed by atoms with Gasteiger partial charge in [-0.1, -0.05) is 24.3 Å². The van der Waals surface area contributed by atoms with Crippen LogP contribution in [0, 0.1) is 0 Å². The van der Waals surface area contributed by atoms with Crippen molar-refractivity contribution >= 4 is 11.6 Å². The smallest absolute Gasteiger partial charge is 0.211 e. The lowest BCUT2D eigenvalue weighted by Crippen LogP contribution is -2.37. The van der Waals surface area contributed by atoms with Crippen LogP contribution in [0.3, 0.4) is 0 Å². The zero-order valence-corrected chi connectivity index (χ0v) is 11.9. The number of rotatable bonds is 6. The van der Waals surface area contributed by atoms with E-state index in [1.165, 1.54) is 0 Å². The van der Waals surface area contributed by atoms with Gasteiger partial charge in [0, 0.05) is 30.8 Å². The maximum absolute atomic E-state index is 12.6. The molecule has 3 rings (SSSR count). The molecule has 110 valence electrons. The standard InChI is InChI=1S/C16H18N2O3/c1-21-9-8-17-13-14(18-10-6-7-10)16(20)12-5-3-2-4-11(12)15(13)19/h2-5,10,17-18H,6-9H2,1H3. The van der Waals surface area contributed by atoms with Gasteiger partial charge < -0.3 is 15.4 Å². The number of fused-ring (bicyclic) bond motifs is 1. The molecule has 0 atom stereocenters. The second kappa shape index (κ2) is 5.69. The lowest BCUT2D eigenvalue weighted by molar-refractivity contribution is 0.0960. The normalized spacial score (nSPS) is 17.8. The number of ketones is 2. The van der Waals surface area contributed by atoms with Crippen molar-refractivity contribution in [2.45, 2.75) is 18.9 Å². The molecule has 0 aromatic heterocycles. The molecular formula is C16H18N2O3. The van der Waals surface area contributed by atoms with E-state index in [0.717, 1.165) is 12.8 Å². The van der Waals surface area contributed by atoms with Crippen LogP contribution >= 0.6 is 0 Å². The number of carbonyl (C=O) groups excluding carboxylic acids is 2. The molecule has 0 unspecified atom stereocenters. The molecule has 21 heavy (non-hydrogen) atoms.